The fourth-order valence-electron chi connectivity index (χ4n) is 1.95. The Hall–Kier alpha value is -2.92. The van der Waals surface area contributed by atoms with E-state index >= 15 is 0 Å². The standard InChI is InChI=1S/C16H15NO6S/c1-20-12-5-7-14(21-2)16(9-12)24(18,19)23-13-6-4-11(10-17)8-15(13)22-3/h4-9H,1-3H3. The van der Waals surface area contributed by atoms with Crippen LogP contribution in [-0.4, -0.2) is 29.7 Å². The number of nitriles is 1. The number of hydrogen-bond acceptors (Lipinski definition) is 7. The highest BCUT2D eigenvalue weighted by atomic mass is 32.2. The second-order valence-corrected chi connectivity index (χ2v) is 6.05. The van der Waals surface area contributed by atoms with Crippen LogP contribution in [0.1, 0.15) is 5.56 Å². The third-order valence-electron chi connectivity index (χ3n) is 3.13. The summed E-state index contributed by atoms with van der Waals surface area (Å²) in [4.78, 5) is -0.184. The van der Waals surface area contributed by atoms with E-state index in [4.69, 9.17) is 23.7 Å². The second kappa shape index (κ2) is 7.10. The van der Waals surface area contributed by atoms with Gasteiger partial charge >= 0.3 is 10.1 Å². The predicted octanol–water partition coefficient (Wildman–Crippen LogP) is 2.35. The van der Waals surface area contributed by atoms with Crippen LogP contribution in [0.25, 0.3) is 0 Å². The summed E-state index contributed by atoms with van der Waals surface area (Å²) in [6.07, 6.45) is 0. The van der Waals surface area contributed by atoms with Crippen molar-refractivity contribution in [3.8, 4) is 29.1 Å². The Kier molecular flexibility index (Phi) is 5.16. The molecule has 0 saturated carbocycles. The Morgan fingerprint density at radius 3 is 2.12 bits per heavy atom. The Morgan fingerprint density at radius 2 is 1.54 bits per heavy atom. The molecule has 0 radical (unpaired) electrons. The smallest absolute Gasteiger partial charge is 0.343 e. The van der Waals surface area contributed by atoms with Gasteiger partial charge in [0.15, 0.2) is 16.4 Å². The maximum Gasteiger partial charge on any atom is 0.343 e. The highest BCUT2D eigenvalue weighted by molar-refractivity contribution is 7.87. The van der Waals surface area contributed by atoms with Crippen molar-refractivity contribution >= 4 is 10.1 Å². The topological polar surface area (TPSA) is 94.9 Å². The van der Waals surface area contributed by atoms with Crippen LogP contribution in [0.5, 0.6) is 23.0 Å². The van der Waals surface area contributed by atoms with Crippen LogP contribution < -0.4 is 18.4 Å². The summed E-state index contributed by atoms with van der Waals surface area (Å²) in [6.45, 7) is 0. The van der Waals surface area contributed by atoms with Crippen molar-refractivity contribution < 1.29 is 26.8 Å². The average molecular weight is 349 g/mol. The van der Waals surface area contributed by atoms with Gasteiger partial charge < -0.3 is 18.4 Å². The molecule has 2 rings (SSSR count). The number of nitrogens with zero attached hydrogens (tertiary/aromatic N) is 1. The Bertz CT molecular complexity index is 886. The lowest BCUT2D eigenvalue weighted by Gasteiger charge is -2.13. The molecule has 0 atom stereocenters. The molecule has 8 heteroatoms. The molecule has 7 nitrogen and oxygen atoms in total. The summed E-state index contributed by atoms with van der Waals surface area (Å²) in [5.41, 5.74) is 0.315. The molecule has 0 N–H and O–H groups in total. The number of ether oxygens (including phenoxy) is 3. The van der Waals surface area contributed by atoms with Gasteiger partial charge in [0.25, 0.3) is 0 Å². The zero-order chi connectivity index (χ0) is 17.7. The lowest BCUT2D eigenvalue weighted by molar-refractivity contribution is 0.380. The van der Waals surface area contributed by atoms with E-state index < -0.39 is 10.1 Å². The minimum atomic E-state index is -4.21. The Balaban J connectivity index is 2.48. The molecule has 24 heavy (non-hydrogen) atoms. The van der Waals surface area contributed by atoms with E-state index in [0.717, 1.165) is 0 Å². The van der Waals surface area contributed by atoms with Crippen LogP contribution in [-0.2, 0) is 10.1 Å². The molecule has 0 heterocycles. The van der Waals surface area contributed by atoms with E-state index in [-0.39, 0.29) is 22.1 Å². The van der Waals surface area contributed by atoms with Crippen molar-refractivity contribution in [1.29, 1.82) is 5.26 Å². The van der Waals surface area contributed by atoms with Crippen LogP contribution in [0.15, 0.2) is 41.3 Å². The molecule has 0 bridgehead atoms. The van der Waals surface area contributed by atoms with Gasteiger partial charge in [-0.25, -0.2) is 0 Å². The van der Waals surface area contributed by atoms with Crippen molar-refractivity contribution in [2.45, 2.75) is 4.90 Å². The minimum absolute atomic E-state index is 0.0404. The van der Waals surface area contributed by atoms with Gasteiger partial charge in [-0.05, 0) is 24.3 Å². The van der Waals surface area contributed by atoms with Gasteiger partial charge in [-0.2, -0.15) is 13.7 Å². The molecule has 0 aliphatic rings. The first-order valence-electron chi connectivity index (χ1n) is 6.70. The normalized spacial score (nSPS) is 10.6. The van der Waals surface area contributed by atoms with E-state index in [9.17, 15) is 8.42 Å². The van der Waals surface area contributed by atoms with Crippen LogP contribution in [0.3, 0.4) is 0 Å². The largest absolute Gasteiger partial charge is 0.497 e. The summed E-state index contributed by atoms with van der Waals surface area (Å²) in [7, 11) is -0.0898. The minimum Gasteiger partial charge on any atom is -0.497 e. The molecule has 0 spiro atoms. The fraction of sp³-hybridized carbons (Fsp3) is 0.188. The summed E-state index contributed by atoms with van der Waals surface area (Å²) in [6, 6.07) is 10.4. The van der Waals surface area contributed by atoms with Crippen molar-refractivity contribution in [3.63, 3.8) is 0 Å². The number of methoxy groups -OCH3 is 3. The van der Waals surface area contributed by atoms with Crippen molar-refractivity contribution in [1.82, 2.24) is 0 Å². The highest BCUT2D eigenvalue weighted by Gasteiger charge is 2.24. The molecule has 0 aliphatic carbocycles. The van der Waals surface area contributed by atoms with Gasteiger partial charge in [-0.15, -0.1) is 0 Å². The zero-order valence-electron chi connectivity index (χ0n) is 13.3. The molecule has 0 aliphatic heterocycles. The third-order valence-corrected chi connectivity index (χ3v) is 4.39. The molecule has 2 aromatic rings. The summed E-state index contributed by atoms with van der Waals surface area (Å²) in [5, 5.41) is 8.89. The first kappa shape index (κ1) is 17.4. The van der Waals surface area contributed by atoms with Crippen LogP contribution in [0, 0.1) is 11.3 Å². The first-order valence-corrected chi connectivity index (χ1v) is 8.10. The fourth-order valence-corrected chi connectivity index (χ4v) is 3.07. The number of benzene rings is 2. The maximum absolute atomic E-state index is 12.6. The van der Waals surface area contributed by atoms with Crippen LogP contribution >= 0.6 is 0 Å². The summed E-state index contributed by atoms with van der Waals surface area (Å²) in [5.74, 6) is 0.536. The predicted molar refractivity (Wildman–Crippen MR) is 85.1 cm³/mol. The van der Waals surface area contributed by atoms with Gasteiger partial charge in [-0.1, -0.05) is 0 Å². The Labute approximate surface area is 140 Å². The third kappa shape index (κ3) is 3.52. The van der Waals surface area contributed by atoms with Gasteiger partial charge in [-0.3, -0.25) is 0 Å². The molecule has 0 amide bonds. The molecular weight excluding hydrogens is 334 g/mol. The zero-order valence-corrected chi connectivity index (χ0v) is 14.1. The summed E-state index contributed by atoms with van der Waals surface area (Å²) >= 11 is 0. The van der Waals surface area contributed by atoms with Gasteiger partial charge in [0.2, 0.25) is 0 Å². The lowest BCUT2D eigenvalue weighted by atomic mass is 10.2. The SMILES string of the molecule is COc1ccc(OC)c(S(=O)(=O)Oc2ccc(C#N)cc2OC)c1. The molecule has 2 aromatic carbocycles. The van der Waals surface area contributed by atoms with E-state index in [1.54, 1.807) is 6.07 Å². The van der Waals surface area contributed by atoms with E-state index in [1.807, 2.05) is 6.07 Å². The lowest BCUT2D eigenvalue weighted by Crippen LogP contribution is -2.12. The van der Waals surface area contributed by atoms with Crippen molar-refractivity contribution in [2.24, 2.45) is 0 Å². The van der Waals surface area contributed by atoms with Gasteiger partial charge in [0.1, 0.15) is 11.5 Å². The van der Waals surface area contributed by atoms with Crippen LogP contribution in [0.4, 0.5) is 0 Å². The van der Waals surface area contributed by atoms with E-state index in [2.05, 4.69) is 0 Å². The second-order valence-electron chi connectivity index (χ2n) is 4.53. The summed E-state index contributed by atoms with van der Waals surface area (Å²) < 4.78 is 45.5. The molecule has 0 aromatic heterocycles. The quantitative estimate of drug-likeness (QED) is 0.739. The van der Waals surface area contributed by atoms with E-state index in [0.29, 0.717) is 11.3 Å². The molecule has 0 saturated heterocycles. The monoisotopic (exact) mass is 349 g/mol. The molecule has 0 fully saturated rings. The van der Waals surface area contributed by atoms with Crippen molar-refractivity contribution in [2.75, 3.05) is 21.3 Å². The van der Waals surface area contributed by atoms with Gasteiger partial charge in [0.05, 0.1) is 33.0 Å². The molecule has 126 valence electrons. The van der Waals surface area contributed by atoms with Crippen LogP contribution in [0.2, 0.25) is 0 Å². The van der Waals surface area contributed by atoms with E-state index in [1.165, 1.54) is 51.7 Å². The molecule has 0 unspecified atom stereocenters. The maximum atomic E-state index is 12.6. The number of hydrogen-bond donors (Lipinski definition) is 0. The first-order chi connectivity index (χ1) is 11.4. The molecular formula is C16H15NO6S. The average Bonchev–Trinajstić information content (AvgIpc) is 2.61. The number of rotatable bonds is 6. The van der Waals surface area contributed by atoms with Crippen molar-refractivity contribution in [3.05, 3.63) is 42.0 Å². The van der Waals surface area contributed by atoms with Gasteiger partial charge in [0, 0.05) is 12.1 Å². The Morgan fingerprint density at radius 1 is 0.875 bits per heavy atom. The highest BCUT2D eigenvalue weighted by Crippen LogP contribution is 2.34.